The molecule has 9 heteroatoms. The van der Waals surface area contributed by atoms with Crippen molar-refractivity contribution in [2.45, 2.75) is 38.1 Å². The van der Waals surface area contributed by atoms with Crippen LogP contribution in [0.5, 0.6) is 0 Å². The summed E-state index contributed by atoms with van der Waals surface area (Å²) >= 11 is 0. The van der Waals surface area contributed by atoms with Gasteiger partial charge in [-0.05, 0) is 25.7 Å². The van der Waals surface area contributed by atoms with E-state index in [9.17, 15) is 9.59 Å². The number of hydrogen-bond donors (Lipinski definition) is 1. The monoisotopic (exact) mass is 357 g/mol. The summed E-state index contributed by atoms with van der Waals surface area (Å²) in [5.41, 5.74) is 4.51. The predicted molar refractivity (Wildman–Crippen MR) is 91.7 cm³/mol. The third-order valence-electron chi connectivity index (χ3n) is 5.59. The third kappa shape index (κ3) is 2.77. The van der Waals surface area contributed by atoms with Crippen LogP contribution in [0.4, 0.5) is 0 Å². The number of carbonyl (C=O) groups is 2. The molecule has 1 atom stereocenters. The molecule has 1 saturated heterocycles. The van der Waals surface area contributed by atoms with Crippen LogP contribution in [0.2, 0.25) is 0 Å². The van der Waals surface area contributed by atoms with Crippen molar-refractivity contribution in [1.29, 1.82) is 0 Å². The fourth-order valence-corrected chi connectivity index (χ4v) is 3.78. The molecule has 0 unspecified atom stereocenters. The summed E-state index contributed by atoms with van der Waals surface area (Å²) in [6, 6.07) is 0. The van der Waals surface area contributed by atoms with Gasteiger partial charge in [-0.2, -0.15) is 0 Å². The van der Waals surface area contributed by atoms with E-state index in [1.807, 2.05) is 22.4 Å². The SMILES string of the molecule is Cn1c(Cn2ccnc2)nnc1[C@@H]1CCCN(C(=O)C2(C(N)=O)CC2)C1. The Balaban J connectivity index is 1.49. The van der Waals surface area contributed by atoms with E-state index in [0.29, 0.717) is 32.5 Å². The van der Waals surface area contributed by atoms with Gasteiger partial charge in [-0.25, -0.2) is 4.98 Å². The Morgan fingerprint density at radius 2 is 2.15 bits per heavy atom. The summed E-state index contributed by atoms with van der Waals surface area (Å²) in [6.45, 7) is 1.83. The minimum absolute atomic E-state index is 0.115. The molecular formula is C17H23N7O2. The van der Waals surface area contributed by atoms with Crippen LogP contribution in [-0.2, 0) is 23.2 Å². The average molecular weight is 357 g/mol. The summed E-state index contributed by atoms with van der Waals surface area (Å²) in [4.78, 5) is 30.3. The predicted octanol–water partition coefficient (Wildman–Crippen LogP) is 0.0314. The second kappa shape index (κ2) is 6.22. The molecule has 0 spiro atoms. The summed E-state index contributed by atoms with van der Waals surface area (Å²) in [6.07, 6.45) is 8.33. The van der Waals surface area contributed by atoms with Gasteiger partial charge in [0.05, 0.1) is 12.9 Å². The van der Waals surface area contributed by atoms with Gasteiger partial charge in [0.15, 0.2) is 5.82 Å². The van der Waals surface area contributed by atoms with Crippen molar-refractivity contribution >= 4 is 11.8 Å². The fourth-order valence-electron chi connectivity index (χ4n) is 3.78. The highest BCUT2D eigenvalue weighted by Gasteiger charge is 2.57. The topological polar surface area (TPSA) is 112 Å². The third-order valence-corrected chi connectivity index (χ3v) is 5.59. The second-order valence-corrected chi connectivity index (χ2v) is 7.31. The van der Waals surface area contributed by atoms with Crippen molar-refractivity contribution in [1.82, 2.24) is 29.2 Å². The highest BCUT2D eigenvalue weighted by molar-refractivity contribution is 6.07. The Hall–Kier alpha value is -2.71. The van der Waals surface area contributed by atoms with Crippen LogP contribution in [0.25, 0.3) is 0 Å². The molecular weight excluding hydrogens is 334 g/mol. The lowest BCUT2D eigenvalue weighted by molar-refractivity contribution is -0.144. The van der Waals surface area contributed by atoms with Crippen LogP contribution in [0.3, 0.4) is 0 Å². The highest BCUT2D eigenvalue weighted by atomic mass is 16.2. The minimum Gasteiger partial charge on any atom is -0.369 e. The zero-order valence-corrected chi connectivity index (χ0v) is 14.8. The molecule has 2 N–H and O–H groups in total. The standard InChI is InChI=1S/C17H23N7O2/c1-22-13(10-23-8-6-19-11-23)20-21-14(22)12-3-2-7-24(9-12)16(26)17(4-5-17)15(18)25/h6,8,11-12H,2-5,7,9-10H2,1H3,(H2,18,25)/t12-/m1/s1. The Bertz CT molecular complexity index is 822. The molecule has 138 valence electrons. The van der Waals surface area contributed by atoms with Gasteiger partial charge >= 0.3 is 0 Å². The number of nitrogens with two attached hydrogens (primary N) is 1. The van der Waals surface area contributed by atoms with Crippen molar-refractivity contribution < 1.29 is 9.59 Å². The molecule has 1 aliphatic heterocycles. The lowest BCUT2D eigenvalue weighted by Crippen LogP contribution is -2.47. The first-order chi connectivity index (χ1) is 12.5. The van der Waals surface area contributed by atoms with E-state index < -0.39 is 11.3 Å². The summed E-state index contributed by atoms with van der Waals surface area (Å²) in [5.74, 6) is 1.23. The molecule has 0 aromatic carbocycles. The molecule has 26 heavy (non-hydrogen) atoms. The van der Waals surface area contributed by atoms with Crippen molar-refractivity contribution in [3.05, 3.63) is 30.4 Å². The zero-order valence-electron chi connectivity index (χ0n) is 14.8. The zero-order chi connectivity index (χ0) is 18.3. The van der Waals surface area contributed by atoms with Gasteiger partial charge in [0.2, 0.25) is 11.8 Å². The van der Waals surface area contributed by atoms with Gasteiger partial charge in [-0.15, -0.1) is 10.2 Å². The van der Waals surface area contributed by atoms with E-state index in [1.54, 1.807) is 17.4 Å². The number of carbonyl (C=O) groups excluding carboxylic acids is 2. The van der Waals surface area contributed by atoms with Crippen molar-refractivity contribution in [2.24, 2.45) is 18.2 Å². The number of likely N-dealkylation sites (tertiary alicyclic amines) is 1. The Morgan fingerprint density at radius 1 is 1.35 bits per heavy atom. The Labute approximate surface area is 151 Å². The number of piperidine rings is 1. The molecule has 0 bridgehead atoms. The van der Waals surface area contributed by atoms with E-state index in [0.717, 1.165) is 24.5 Å². The van der Waals surface area contributed by atoms with Crippen LogP contribution in [0.15, 0.2) is 18.7 Å². The molecule has 1 aliphatic carbocycles. The van der Waals surface area contributed by atoms with Crippen molar-refractivity contribution in [3.8, 4) is 0 Å². The average Bonchev–Trinajstić information content (AvgIpc) is 3.16. The molecule has 0 radical (unpaired) electrons. The van der Waals surface area contributed by atoms with E-state index in [1.165, 1.54) is 0 Å². The summed E-state index contributed by atoms with van der Waals surface area (Å²) in [5, 5.41) is 8.69. The minimum atomic E-state index is -0.950. The first-order valence-corrected chi connectivity index (χ1v) is 8.94. The van der Waals surface area contributed by atoms with Crippen molar-refractivity contribution in [2.75, 3.05) is 13.1 Å². The van der Waals surface area contributed by atoms with Crippen LogP contribution in [0, 0.1) is 5.41 Å². The van der Waals surface area contributed by atoms with Crippen LogP contribution < -0.4 is 5.73 Å². The second-order valence-electron chi connectivity index (χ2n) is 7.31. The highest BCUT2D eigenvalue weighted by Crippen LogP contribution is 2.47. The van der Waals surface area contributed by atoms with Gasteiger partial charge in [0.25, 0.3) is 0 Å². The maximum atomic E-state index is 12.8. The summed E-state index contributed by atoms with van der Waals surface area (Å²) in [7, 11) is 1.95. The quantitative estimate of drug-likeness (QED) is 0.759. The maximum Gasteiger partial charge on any atom is 0.238 e. The largest absolute Gasteiger partial charge is 0.369 e. The molecule has 2 aliphatic rings. The first kappa shape index (κ1) is 16.7. The number of imidazole rings is 1. The van der Waals surface area contributed by atoms with Gasteiger partial charge < -0.3 is 19.8 Å². The van der Waals surface area contributed by atoms with E-state index in [2.05, 4.69) is 15.2 Å². The normalized spacial score (nSPS) is 21.6. The lowest BCUT2D eigenvalue weighted by atomic mass is 9.94. The van der Waals surface area contributed by atoms with Crippen LogP contribution >= 0.6 is 0 Å². The number of hydrogen-bond acceptors (Lipinski definition) is 5. The number of nitrogens with zero attached hydrogens (tertiary/aromatic N) is 6. The number of rotatable bonds is 5. The molecule has 2 aromatic heterocycles. The lowest BCUT2D eigenvalue weighted by Gasteiger charge is -2.34. The summed E-state index contributed by atoms with van der Waals surface area (Å²) < 4.78 is 3.94. The molecule has 3 heterocycles. The van der Waals surface area contributed by atoms with Gasteiger partial charge in [0.1, 0.15) is 11.2 Å². The molecule has 2 fully saturated rings. The maximum absolute atomic E-state index is 12.8. The first-order valence-electron chi connectivity index (χ1n) is 8.94. The van der Waals surface area contributed by atoms with Gasteiger partial charge in [-0.1, -0.05) is 0 Å². The van der Waals surface area contributed by atoms with Crippen LogP contribution in [-0.4, -0.2) is 54.1 Å². The number of amides is 2. The van der Waals surface area contributed by atoms with Crippen molar-refractivity contribution in [3.63, 3.8) is 0 Å². The molecule has 2 amide bonds. The Morgan fingerprint density at radius 3 is 2.81 bits per heavy atom. The van der Waals surface area contributed by atoms with E-state index in [4.69, 9.17) is 5.73 Å². The number of aromatic nitrogens is 5. The smallest absolute Gasteiger partial charge is 0.238 e. The molecule has 1 saturated carbocycles. The van der Waals surface area contributed by atoms with E-state index in [-0.39, 0.29) is 11.8 Å². The molecule has 9 nitrogen and oxygen atoms in total. The molecule has 4 rings (SSSR count). The van der Waals surface area contributed by atoms with Crippen LogP contribution in [0.1, 0.15) is 43.3 Å². The number of primary amides is 1. The van der Waals surface area contributed by atoms with E-state index >= 15 is 0 Å². The fraction of sp³-hybridized carbons (Fsp3) is 0.588. The Kier molecular flexibility index (Phi) is 4.01. The van der Waals surface area contributed by atoms with Gasteiger partial charge in [0, 0.05) is 38.4 Å². The van der Waals surface area contributed by atoms with Gasteiger partial charge in [-0.3, -0.25) is 9.59 Å². The molecule has 2 aromatic rings.